The van der Waals surface area contributed by atoms with Gasteiger partial charge in [-0.25, -0.2) is 13.6 Å². The van der Waals surface area contributed by atoms with Crippen molar-refractivity contribution in [1.29, 1.82) is 0 Å². The first-order valence-corrected chi connectivity index (χ1v) is 8.08. The number of hydrogen-bond acceptors (Lipinski definition) is 2. The van der Waals surface area contributed by atoms with Gasteiger partial charge in [0.25, 0.3) is 0 Å². The number of primary sulfonamides is 1. The van der Waals surface area contributed by atoms with Crippen LogP contribution in [0.15, 0.2) is 51.8 Å². The molecule has 19 heavy (non-hydrogen) atoms. The molecule has 3 nitrogen and oxygen atoms in total. The van der Waals surface area contributed by atoms with Gasteiger partial charge < -0.3 is 0 Å². The van der Waals surface area contributed by atoms with E-state index in [1.165, 1.54) is 0 Å². The molecule has 0 saturated carbocycles. The molecule has 0 amide bonds. The van der Waals surface area contributed by atoms with Gasteiger partial charge in [-0.2, -0.15) is 0 Å². The van der Waals surface area contributed by atoms with E-state index in [1.807, 2.05) is 37.3 Å². The van der Waals surface area contributed by atoms with E-state index in [4.69, 9.17) is 5.14 Å². The average molecular weight is 340 g/mol. The van der Waals surface area contributed by atoms with E-state index in [2.05, 4.69) is 15.9 Å². The SMILES string of the molecule is Cc1ccc(S(N)(=O)=O)c(Cc2ccccc2)c1Br. The van der Waals surface area contributed by atoms with Crippen LogP contribution >= 0.6 is 15.9 Å². The highest BCUT2D eigenvalue weighted by atomic mass is 79.9. The molecule has 0 aliphatic carbocycles. The molecule has 0 aliphatic heterocycles. The number of hydrogen-bond donors (Lipinski definition) is 1. The molecule has 5 heteroatoms. The summed E-state index contributed by atoms with van der Waals surface area (Å²) >= 11 is 3.46. The minimum Gasteiger partial charge on any atom is -0.225 e. The van der Waals surface area contributed by atoms with Crippen LogP contribution in [0.3, 0.4) is 0 Å². The number of nitrogens with two attached hydrogens (primary N) is 1. The Kier molecular flexibility index (Phi) is 4.08. The summed E-state index contributed by atoms with van der Waals surface area (Å²) in [4.78, 5) is 0.175. The molecule has 0 radical (unpaired) electrons. The molecule has 100 valence electrons. The highest BCUT2D eigenvalue weighted by Crippen LogP contribution is 2.29. The third kappa shape index (κ3) is 3.23. The highest BCUT2D eigenvalue weighted by molar-refractivity contribution is 9.10. The minimum absolute atomic E-state index is 0.175. The summed E-state index contributed by atoms with van der Waals surface area (Å²) in [6.45, 7) is 1.92. The summed E-state index contributed by atoms with van der Waals surface area (Å²) in [5.41, 5.74) is 2.73. The van der Waals surface area contributed by atoms with Crippen molar-refractivity contribution < 1.29 is 8.42 Å². The topological polar surface area (TPSA) is 60.2 Å². The van der Waals surface area contributed by atoms with Crippen molar-refractivity contribution in [3.05, 3.63) is 63.6 Å². The zero-order chi connectivity index (χ0) is 14.0. The summed E-state index contributed by atoms with van der Waals surface area (Å²) in [6.07, 6.45) is 0.523. The molecule has 0 saturated heterocycles. The van der Waals surface area contributed by atoms with Crippen LogP contribution in [0.25, 0.3) is 0 Å². The zero-order valence-corrected chi connectivity index (χ0v) is 12.8. The van der Waals surface area contributed by atoms with Crippen molar-refractivity contribution in [1.82, 2.24) is 0 Å². The van der Waals surface area contributed by atoms with Gasteiger partial charge in [0.1, 0.15) is 0 Å². The van der Waals surface area contributed by atoms with Crippen molar-refractivity contribution >= 4 is 26.0 Å². The molecule has 0 aromatic heterocycles. The largest absolute Gasteiger partial charge is 0.238 e. The Morgan fingerprint density at radius 2 is 1.74 bits per heavy atom. The second kappa shape index (κ2) is 5.45. The number of sulfonamides is 1. The van der Waals surface area contributed by atoms with Gasteiger partial charge in [0.2, 0.25) is 10.0 Å². The maximum atomic E-state index is 11.7. The highest BCUT2D eigenvalue weighted by Gasteiger charge is 2.17. The van der Waals surface area contributed by atoms with Gasteiger partial charge in [0, 0.05) is 4.47 Å². The first kappa shape index (κ1) is 14.2. The molecule has 2 aromatic rings. The first-order chi connectivity index (χ1) is 8.89. The molecular formula is C14H14BrNO2S. The maximum absolute atomic E-state index is 11.7. The fourth-order valence-electron chi connectivity index (χ4n) is 1.95. The van der Waals surface area contributed by atoms with Crippen LogP contribution in [-0.2, 0) is 16.4 Å². The van der Waals surface area contributed by atoms with E-state index < -0.39 is 10.0 Å². The second-order valence-electron chi connectivity index (χ2n) is 4.38. The molecule has 2 aromatic carbocycles. The number of halogens is 1. The third-order valence-electron chi connectivity index (χ3n) is 2.92. The van der Waals surface area contributed by atoms with Crippen LogP contribution in [-0.4, -0.2) is 8.42 Å². The summed E-state index contributed by atoms with van der Waals surface area (Å²) in [7, 11) is -3.72. The van der Waals surface area contributed by atoms with Crippen LogP contribution in [0.2, 0.25) is 0 Å². The molecule has 2 N–H and O–H groups in total. The van der Waals surface area contributed by atoms with E-state index in [1.54, 1.807) is 12.1 Å². The first-order valence-electron chi connectivity index (χ1n) is 5.74. The summed E-state index contributed by atoms with van der Waals surface area (Å²) in [6, 6.07) is 13.0. The maximum Gasteiger partial charge on any atom is 0.238 e. The van der Waals surface area contributed by atoms with Gasteiger partial charge in [-0.1, -0.05) is 52.3 Å². The van der Waals surface area contributed by atoms with Crippen molar-refractivity contribution in [3.63, 3.8) is 0 Å². The van der Waals surface area contributed by atoms with E-state index >= 15 is 0 Å². The zero-order valence-electron chi connectivity index (χ0n) is 10.4. The van der Waals surface area contributed by atoms with Crippen LogP contribution in [0.4, 0.5) is 0 Å². The number of aryl methyl sites for hydroxylation is 1. The van der Waals surface area contributed by atoms with Crippen molar-refractivity contribution in [2.45, 2.75) is 18.2 Å². The van der Waals surface area contributed by atoms with E-state index in [0.29, 0.717) is 12.0 Å². The third-order valence-corrected chi connectivity index (χ3v) is 5.02. The predicted octanol–water partition coefficient (Wildman–Crippen LogP) is 3.00. The number of rotatable bonds is 3. The average Bonchev–Trinajstić information content (AvgIpc) is 2.35. The Morgan fingerprint density at radius 1 is 1.11 bits per heavy atom. The molecule has 2 rings (SSSR count). The van der Waals surface area contributed by atoms with Gasteiger partial charge in [0.15, 0.2) is 0 Å². The van der Waals surface area contributed by atoms with E-state index in [-0.39, 0.29) is 4.90 Å². The van der Waals surface area contributed by atoms with Crippen molar-refractivity contribution in [2.24, 2.45) is 5.14 Å². The van der Waals surface area contributed by atoms with Gasteiger partial charge >= 0.3 is 0 Å². The predicted molar refractivity (Wildman–Crippen MR) is 79.5 cm³/mol. The van der Waals surface area contributed by atoms with Gasteiger partial charge in [-0.3, -0.25) is 0 Å². The molecule has 0 bridgehead atoms. The van der Waals surface area contributed by atoms with Crippen molar-refractivity contribution in [2.75, 3.05) is 0 Å². The molecular weight excluding hydrogens is 326 g/mol. The lowest BCUT2D eigenvalue weighted by atomic mass is 10.0. The minimum atomic E-state index is -3.72. The lowest BCUT2D eigenvalue weighted by molar-refractivity contribution is 0.596. The smallest absolute Gasteiger partial charge is 0.225 e. The lowest BCUT2D eigenvalue weighted by Gasteiger charge is -2.12. The van der Waals surface area contributed by atoms with Crippen LogP contribution < -0.4 is 5.14 Å². The normalized spacial score (nSPS) is 11.5. The fourth-order valence-corrected chi connectivity index (χ4v) is 3.34. The van der Waals surface area contributed by atoms with Crippen LogP contribution in [0.5, 0.6) is 0 Å². The summed E-state index contributed by atoms with van der Waals surface area (Å²) in [5, 5.41) is 5.28. The molecule has 0 fully saturated rings. The van der Waals surface area contributed by atoms with E-state index in [9.17, 15) is 8.42 Å². The van der Waals surface area contributed by atoms with E-state index in [0.717, 1.165) is 15.6 Å². The van der Waals surface area contributed by atoms with Gasteiger partial charge in [-0.15, -0.1) is 0 Å². The Hall–Kier alpha value is -1.17. The standard InChI is InChI=1S/C14H14BrNO2S/c1-10-7-8-13(19(16,17)18)12(14(10)15)9-11-5-3-2-4-6-11/h2-8H,9H2,1H3,(H2,16,17,18). The van der Waals surface area contributed by atoms with Crippen LogP contribution in [0, 0.1) is 6.92 Å². The summed E-state index contributed by atoms with van der Waals surface area (Å²) in [5.74, 6) is 0. The van der Waals surface area contributed by atoms with Crippen molar-refractivity contribution in [3.8, 4) is 0 Å². The number of benzene rings is 2. The summed E-state index contributed by atoms with van der Waals surface area (Å²) < 4.78 is 24.1. The lowest BCUT2D eigenvalue weighted by Crippen LogP contribution is -2.15. The molecule has 0 aliphatic rings. The Bertz CT molecular complexity index is 697. The molecule has 0 atom stereocenters. The second-order valence-corrected chi connectivity index (χ2v) is 6.70. The Labute approximate surface area is 121 Å². The molecule has 0 heterocycles. The quantitative estimate of drug-likeness (QED) is 0.934. The Balaban J connectivity index is 2.58. The Morgan fingerprint density at radius 3 is 2.32 bits per heavy atom. The fraction of sp³-hybridized carbons (Fsp3) is 0.143. The monoisotopic (exact) mass is 339 g/mol. The van der Waals surface area contributed by atoms with Gasteiger partial charge in [0.05, 0.1) is 4.90 Å². The van der Waals surface area contributed by atoms with Gasteiger partial charge in [-0.05, 0) is 36.1 Å². The van der Waals surface area contributed by atoms with Crippen LogP contribution in [0.1, 0.15) is 16.7 Å². The molecule has 0 spiro atoms. The molecule has 0 unspecified atom stereocenters.